The number of hydrogen-bond donors (Lipinski definition) is 1. The second-order valence-electron chi connectivity index (χ2n) is 5.14. The minimum Gasteiger partial charge on any atom is -0.377 e. The van der Waals surface area contributed by atoms with E-state index in [0.717, 1.165) is 24.9 Å². The van der Waals surface area contributed by atoms with Gasteiger partial charge in [-0.25, -0.2) is 4.39 Å². The maximum Gasteiger partial charge on any atom is 0.123 e. The fraction of sp³-hybridized carbons (Fsp3) is 0.600. The van der Waals surface area contributed by atoms with Gasteiger partial charge in [0.05, 0.1) is 5.60 Å². The van der Waals surface area contributed by atoms with Crippen LogP contribution in [0.25, 0.3) is 0 Å². The van der Waals surface area contributed by atoms with Crippen molar-refractivity contribution in [2.45, 2.75) is 45.3 Å². The van der Waals surface area contributed by atoms with Gasteiger partial charge in [-0.05, 0) is 50.9 Å². The molecule has 1 N–H and O–H groups in total. The third-order valence-electron chi connectivity index (χ3n) is 3.36. The van der Waals surface area contributed by atoms with Crippen LogP contribution in [0, 0.1) is 5.82 Å². The van der Waals surface area contributed by atoms with Gasteiger partial charge in [-0.15, -0.1) is 0 Å². The van der Waals surface area contributed by atoms with Crippen molar-refractivity contribution in [3.8, 4) is 0 Å². The minimum atomic E-state index is -0.246. The maximum absolute atomic E-state index is 12.9. The van der Waals surface area contributed by atoms with E-state index in [9.17, 15) is 4.39 Å². The number of nitrogens with one attached hydrogen (secondary N) is 1. The summed E-state index contributed by atoms with van der Waals surface area (Å²) in [5.74, 6) is -0.192. The highest BCUT2D eigenvalue weighted by atomic mass is 19.1. The first-order valence-corrected chi connectivity index (χ1v) is 6.52. The molecule has 18 heavy (non-hydrogen) atoms. The second kappa shape index (κ2) is 6.86. The maximum atomic E-state index is 12.9. The molecule has 1 aromatic rings. The van der Waals surface area contributed by atoms with E-state index >= 15 is 0 Å². The summed E-state index contributed by atoms with van der Waals surface area (Å²) >= 11 is 0. The Labute approximate surface area is 110 Å². The van der Waals surface area contributed by atoms with Crippen LogP contribution in [-0.4, -0.2) is 25.3 Å². The molecule has 1 aromatic carbocycles. The topological polar surface area (TPSA) is 21.3 Å². The Bertz CT molecular complexity index is 348. The molecule has 0 bridgehead atoms. The van der Waals surface area contributed by atoms with Gasteiger partial charge in [-0.2, -0.15) is 0 Å². The molecule has 1 rings (SSSR count). The third kappa shape index (κ3) is 4.39. The summed E-state index contributed by atoms with van der Waals surface area (Å²) < 4.78 is 18.4. The molecule has 0 aliphatic rings. The molecule has 0 aliphatic carbocycles. The number of halogens is 1. The van der Waals surface area contributed by atoms with E-state index < -0.39 is 0 Å². The van der Waals surface area contributed by atoms with Crippen LogP contribution >= 0.6 is 0 Å². The van der Waals surface area contributed by atoms with Crippen molar-refractivity contribution in [1.82, 2.24) is 5.32 Å². The van der Waals surface area contributed by atoms with Crippen LogP contribution in [0.3, 0.4) is 0 Å². The Morgan fingerprint density at radius 3 is 2.39 bits per heavy atom. The smallest absolute Gasteiger partial charge is 0.123 e. The zero-order valence-electron chi connectivity index (χ0n) is 11.8. The van der Waals surface area contributed by atoms with Gasteiger partial charge in [0, 0.05) is 13.2 Å². The molecule has 0 amide bonds. The molecule has 1 atom stereocenters. The number of rotatable bonds is 7. The first kappa shape index (κ1) is 15.1. The SMILES string of the molecule is CCCNC(Cc1ccc(F)cc1)C(C)(C)OC. The summed E-state index contributed by atoms with van der Waals surface area (Å²) in [6.07, 6.45) is 1.92. The molecular weight excluding hydrogens is 229 g/mol. The van der Waals surface area contributed by atoms with E-state index in [2.05, 4.69) is 26.1 Å². The largest absolute Gasteiger partial charge is 0.377 e. The first-order valence-electron chi connectivity index (χ1n) is 6.52. The third-order valence-corrected chi connectivity index (χ3v) is 3.36. The number of benzene rings is 1. The molecule has 0 saturated heterocycles. The van der Waals surface area contributed by atoms with Crippen LogP contribution < -0.4 is 5.32 Å². The average Bonchev–Trinajstić information content (AvgIpc) is 2.36. The molecule has 0 radical (unpaired) electrons. The summed E-state index contributed by atoms with van der Waals surface area (Å²) in [4.78, 5) is 0. The molecule has 0 spiro atoms. The van der Waals surface area contributed by atoms with Gasteiger partial charge >= 0.3 is 0 Å². The zero-order valence-corrected chi connectivity index (χ0v) is 11.8. The van der Waals surface area contributed by atoms with Gasteiger partial charge in [-0.3, -0.25) is 0 Å². The van der Waals surface area contributed by atoms with Crippen molar-refractivity contribution in [3.63, 3.8) is 0 Å². The molecule has 0 saturated carbocycles. The van der Waals surface area contributed by atoms with Gasteiger partial charge in [0.2, 0.25) is 0 Å². The lowest BCUT2D eigenvalue weighted by atomic mass is 9.92. The highest BCUT2D eigenvalue weighted by Crippen LogP contribution is 2.18. The molecule has 2 nitrogen and oxygen atoms in total. The summed E-state index contributed by atoms with van der Waals surface area (Å²) in [6, 6.07) is 6.90. The van der Waals surface area contributed by atoms with E-state index in [4.69, 9.17) is 4.74 Å². The van der Waals surface area contributed by atoms with E-state index in [1.165, 1.54) is 12.1 Å². The molecule has 102 valence electrons. The second-order valence-corrected chi connectivity index (χ2v) is 5.14. The highest BCUT2D eigenvalue weighted by molar-refractivity contribution is 5.18. The molecule has 1 unspecified atom stereocenters. The van der Waals surface area contributed by atoms with Crippen LogP contribution in [0.5, 0.6) is 0 Å². The fourth-order valence-corrected chi connectivity index (χ4v) is 1.88. The predicted molar refractivity (Wildman–Crippen MR) is 73.3 cm³/mol. The fourth-order valence-electron chi connectivity index (χ4n) is 1.88. The lowest BCUT2D eigenvalue weighted by Crippen LogP contribution is -2.49. The van der Waals surface area contributed by atoms with E-state index in [0.29, 0.717) is 0 Å². The average molecular weight is 253 g/mol. The van der Waals surface area contributed by atoms with Crippen molar-refractivity contribution < 1.29 is 9.13 Å². The normalized spacial score (nSPS) is 13.6. The first-order chi connectivity index (χ1) is 8.49. The van der Waals surface area contributed by atoms with Crippen molar-refractivity contribution in [3.05, 3.63) is 35.6 Å². The standard InChI is InChI=1S/C15H24FNO/c1-5-10-17-14(15(2,3)18-4)11-12-6-8-13(16)9-7-12/h6-9,14,17H,5,10-11H2,1-4H3. The molecular formula is C15H24FNO. The Hall–Kier alpha value is -0.930. The van der Waals surface area contributed by atoms with Crippen LogP contribution in [0.15, 0.2) is 24.3 Å². The zero-order chi connectivity index (χ0) is 13.6. The van der Waals surface area contributed by atoms with Crippen molar-refractivity contribution >= 4 is 0 Å². The summed E-state index contributed by atoms with van der Waals surface area (Å²) in [5.41, 5.74) is 0.874. The molecule has 0 heterocycles. The van der Waals surface area contributed by atoms with Gasteiger partial charge in [0.1, 0.15) is 5.82 Å². The summed E-state index contributed by atoms with van der Waals surface area (Å²) in [7, 11) is 1.73. The number of hydrogen-bond acceptors (Lipinski definition) is 2. The van der Waals surface area contributed by atoms with E-state index in [1.54, 1.807) is 7.11 Å². The van der Waals surface area contributed by atoms with Gasteiger partial charge in [0.15, 0.2) is 0 Å². The highest BCUT2D eigenvalue weighted by Gasteiger charge is 2.28. The summed E-state index contributed by atoms with van der Waals surface area (Å²) in [6.45, 7) is 7.24. The minimum absolute atomic E-state index is 0.192. The molecule has 0 aliphatic heterocycles. The Morgan fingerprint density at radius 2 is 1.89 bits per heavy atom. The Kier molecular flexibility index (Phi) is 5.76. The molecule has 3 heteroatoms. The van der Waals surface area contributed by atoms with Gasteiger partial charge < -0.3 is 10.1 Å². The van der Waals surface area contributed by atoms with Crippen molar-refractivity contribution in [1.29, 1.82) is 0 Å². The monoisotopic (exact) mass is 253 g/mol. The van der Waals surface area contributed by atoms with E-state index in [-0.39, 0.29) is 17.5 Å². The Balaban J connectivity index is 2.74. The van der Waals surface area contributed by atoms with Crippen molar-refractivity contribution in [2.24, 2.45) is 0 Å². The van der Waals surface area contributed by atoms with Crippen molar-refractivity contribution in [2.75, 3.05) is 13.7 Å². The predicted octanol–water partition coefficient (Wildman–Crippen LogP) is 3.16. The van der Waals surface area contributed by atoms with E-state index in [1.807, 2.05) is 12.1 Å². The lowest BCUT2D eigenvalue weighted by Gasteiger charge is -2.34. The Morgan fingerprint density at radius 1 is 1.28 bits per heavy atom. The van der Waals surface area contributed by atoms with Crippen LogP contribution in [0.4, 0.5) is 4.39 Å². The summed E-state index contributed by atoms with van der Waals surface area (Å²) in [5, 5.41) is 3.50. The van der Waals surface area contributed by atoms with Crippen LogP contribution in [0.2, 0.25) is 0 Å². The lowest BCUT2D eigenvalue weighted by molar-refractivity contribution is -0.00997. The quantitative estimate of drug-likeness (QED) is 0.806. The number of methoxy groups -OCH3 is 1. The van der Waals surface area contributed by atoms with Gasteiger partial charge in [0.25, 0.3) is 0 Å². The molecule has 0 fully saturated rings. The van der Waals surface area contributed by atoms with Gasteiger partial charge in [-0.1, -0.05) is 19.1 Å². The van der Waals surface area contributed by atoms with Crippen LogP contribution in [-0.2, 0) is 11.2 Å². The van der Waals surface area contributed by atoms with Crippen LogP contribution in [0.1, 0.15) is 32.8 Å². The molecule has 0 aromatic heterocycles. The number of ether oxygens (including phenoxy) is 1.